The van der Waals surface area contributed by atoms with Gasteiger partial charge in [-0.2, -0.15) is 4.31 Å². The van der Waals surface area contributed by atoms with Crippen molar-refractivity contribution in [3.8, 4) is 0 Å². The van der Waals surface area contributed by atoms with Crippen molar-refractivity contribution >= 4 is 21.9 Å². The summed E-state index contributed by atoms with van der Waals surface area (Å²) in [6.45, 7) is 5.84. The maximum Gasteiger partial charge on any atom is 0.326 e. The van der Waals surface area contributed by atoms with Crippen molar-refractivity contribution in [2.45, 2.75) is 44.6 Å². The second kappa shape index (κ2) is 8.18. The summed E-state index contributed by atoms with van der Waals surface area (Å²) in [5.41, 5.74) is 0.984. The van der Waals surface area contributed by atoms with Crippen LogP contribution in [0.1, 0.15) is 32.3 Å². The average Bonchev–Trinajstić information content (AvgIpc) is 2.59. The van der Waals surface area contributed by atoms with E-state index in [-0.39, 0.29) is 35.7 Å². The lowest BCUT2D eigenvalue weighted by molar-refractivity contribution is -0.144. The zero-order valence-corrected chi connectivity index (χ0v) is 16.1. The molecule has 0 unspecified atom stereocenters. The molecule has 0 spiro atoms. The predicted molar refractivity (Wildman–Crippen MR) is 97.1 cm³/mol. The molecule has 1 atom stereocenters. The Morgan fingerprint density at radius 3 is 2.15 bits per heavy atom. The summed E-state index contributed by atoms with van der Waals surface area (Å²) in [6.07, 6.45) is 0.753. The Morgan fingerprint density at radius 1 is 1.15 bits per heavy atom. The summed E-state index contributed by atoms with van der Waals surface area (Å²) in [5.74, 6) is -1.98. The van der Waals surface area contributed by atoms with Crippen LogP contribution in [0.4, 0.5) is 0 Å². The molecule has 26 heavy (non-hydrogen) atoms. The van der Waals surface area contributed by atoms with Gasteiger partial charge in [0.15, 0.2) is 0 Å². The number of carboxylic acid groups (broad SMARTS) is 1. The molecule has 0 aliphatic carbocycles. The quantitative estimate of drug-likeness (QED) is 0.778. The number of hydrogen-bond acceptors (Lipinski definition) is 4. The van der Waals surface area contributed by atoms with E-state index in [0.29, 0.717) is 12.8 Å². The highest BCUT2D eigenvalue weighted by Gasteiger charge is 2.34. The molecule has 2 rings (SSSR count). The van der Waals surface area contributed by atoms with Gasteiger partial charge in [0, 0.05) is 19.0 Å². The number of aryl methyl sites for hydroxylation is 1. The molecule has 1 saturated heterocycles. The Kier molecular flexibility index (Phi) is 6.41. The number of carbonyl (C=O) groups excluding carboxylic acids is 1. The average molecular weight is 382 g/mol. The number of hydrogen-bond donors (Lipinski definition) is 2. The number of benzene rings is 1. The molecule has 7 nitrogen and oxygen atoms in total. The summed E-state index contributed by atoms with van der Waals surface area (Å²) >= 11 is 0. The Labute approximate surface area is 154 Å². The van der Waals surface area contributed by atoms with Crippen LogP contribution >= 0.6 is 0 Å². The summed E-state index contributed by atoms with van der Waals surface area (Å²) in [6, 6.07) is 5.75. The fourth-order valence-corrected chi connectivity index (χ4v) is 4.47. The van der Waals surface area contributed by atoms with E-state index >= 15 is 0 Å². The van der Waals surface area contributed by atoms with E-state index in [0.717, 1.165) is 5.56 Å². The van der Waals surface area contributed by atoms with Gasteiger partial charge < -0.3 is 10.4 Å². The zero-order valence-electron chi connectivity index (χ0n) is 15.3. The van der Waals surface area contributed by atoms with Crippen LogP contribution in [-0.2, 0) is 19.6 Å². The molecule has 0 saturated carbocycles. The molecule has 144 valence electrons. The second-order valence-electron chi connectivity index (χ2n) is 7.06. The van der Waals surface area contributed by atoms with Crippen LogP contribution in [0.15, 0.2) is 29.2 Å². The van der Waals surface area contributed by atoms with Gasteiger partial charge in [0.1, 0.15) is 6.04 Å². The highest BCUT2D eigenvalue weighted by Crippen LogP contribution is 2.24. The van der Waals surface area contributed by atoms with Crippen LogP contribution in [0.2, 0.25) is 0 Å². The van der Waals surface area contributed by atoms with Crippen molar-refractivity contribution in [1.29, 1.82) is 0 Å². The van der Waals surface area contributed by atoms with Crippen LogP contribution < -0.4 is 5.32 Å². The minimum absolute atomic E-state index is 0.224. The first-order valence-corrected chi connectivity index (χ1v) is 10.2. The zero-order chi connectivity index (χ0) is 19.5. The van der Waals surface area contributed by atoms with E-state index in [1.54, 1.807) is 38.1 Å². The SMILES string of the molecule is Cc1ccc(S(=O)(=O)N2CCC(C(=O)N[C@H](C(=O)O)C(C)C)CC2)cc1. The molecular weight excluding hydrogens is 356 g/mol. The Bertz CT molecular complexity index is 750. The fourth-order valence-electron chi connectivity index (χ4n) is 3.00. The van der Waals surface area contributed by atoms with Crippen LogP contribution in [0.25, 0.3) is 0 Å². The highest BCUT2D eigenvalue weighted by atomic mass is 32.2. The first-order chi connectivity index (χ1) is 12.1. The Morgan fingerprint density at radius 2 is 1.69 bits per heavy atom. The van der Waals surface area contributed by atoms with Crippen molar-refractivity contribution in [3.05, 3.63) is 29.8 Å². The lowest BCUT2D eigenvalue weighted by atomic mass is 9.95. The second-order valence-corrected chi connectivity index (χ2v) is 9.00. The van der Waals surface area contributed by atoms with Gasteiger partial charge in [-0.25, -0.2) is 13.2 Å². The Hall–Kier alpha value is -1.93. The third-order valence-electron chi connectivity index (χ3n) is 4.71. The molecule has 1 aliphatic rings. The van der Waals surface area contributed by atoms with Crippen LogP contribution in [0, 0.1) is 18.8 Å². The largest absolute Gasteiger partial charge is 0.480 e. The molecule has 0 radical (unpaired) electrons. The number of piperidine rings is 1. The van der Waals surface area contributed by atoms with Gasteiger partial charge in [0.25, 0.3) is 0 Å². The van der Waals surface area contributed by atoms with Crippen molar-refractivity contribution in [3.63, 3.8) is 0 Å². The summed E-state index contributed by atoms with van der Waals surface area (Å²) in [5, 5.41) is 11.8. The first kappa shape index (κ1) is 20.4. The maximum absolute atomic E-state index is 12.7. The lowest BCUT2D eigenvalue weighted by Crippen LogP contribution is -2.49. The van der Waals surface area contributed by atoms with E-state index in [2.05, 4.69) is 5.32 Å². The number of nitrogens with zero attached hydrogens (tertiary/aromatic N) is 1. The van der Waals surface area contributed by atoms with E-state index in [9.17, 15) is 23.1 Å². The lowest BCUT2D eigenvalue weighted by Gasteiger charge is -2.31. The summed E-state index contributed by atoms with van der Waals surface area (Å²) in [7, 11) is -3.57. The standard InChI is InChI=1S/C18H26N2O5S/c1-12(2)16(18(22)23)19-17(21)14-8-10-20(11-9-14)26(24,25)15-6-4-13(3)5-7-15/h4-7,12,14,16H,8-11H2,1-3H3,(H,19,21)(H,22,23)/t16-/m0/s1. The molecule has 0 aromatic heterocycles. The molecule has 1 aromatic rings. The minimum Gasteiger partial charge on any atom is -0.480 e. The van der Waals surface area contributed by atoms with Crippen molar-refractivity contribution in [2.75, 3.05) is 13.1 Å². The van der Waals surface area contributed by atoms with E-state index in [4.69, 9.17) is 0 Å². The fraction of sp³-hybridized carbons (Fsp3) is 0.556. The number of rotatable bonds is 6. The summed E-state index contributed by atoms with van der Waals surface area (Å²) in [4.78, 5) is 23.8. The first-order valence-electron chi connectivity index (χ1n) is 8.73. The van der Waals surface area contributed by atoms with Crippen LogP contribution in [-0.4, -0.2) is 48.8 Å². The van der Waals surface area contributed by atoms with E-state index in [1.165, 1.54) is 4.31 Å². The molecule has 0 bridgehead atoms. The number of sulfonamides is 1. The van der Waals surface area contributed by atoms with Crippen molar-refractivity contribution in [1.82, 2.24) is 9.62 Å². The maximum atomic E-state index is 12.7. The summed E-state index contributed by atoms with van der Waals surface area (Å²) < 4.78 is 26.7. The molecule has 8 heteroatoms. The van der Waals surface area contributed by atoms with Crippen LogP contribution in [0.5, 0.6) is 0 Å². The molecule has 1 heterocycles. The van der Waals surface area contributed by atoms with Gasteiger partial charge >= 0.3 is 5.97 Å². The molecular formula is C18H26N2O5S. The number of carbonyl (C=O) groups is 2. The predicted octanol–water partition coefficient (Wildman–Crippen LogP) is 1.62. The van der Waals surface area contributed by atoms with Gasteiger partial charge in [0.05, 0.1) is 4.90 Å². The number of amides is 1. The molecule has 1 aromatic carbocycles. The number of aliphatic carboxylic acids is 1. The topological polar surface area (TPSA) is 104 Å². The Balaban J connectivity index is 1.99. The highest BCUT2D eigenvalue weighted by molar-refractivity contribution is 7.89. The monoisotopic (exact) mass is 382 g/mol. The van der Waals surface area contributed by atoms with Gasteiger partial charge in [-0.05, 0) is 37.8 Å². The molecule has 1 fully saturated rings. The normalized spacial score (nSPS) is 17.8. The van der Waals surface area contributed by atoms with Crippen molar-refractivity contribution in [2.24, 2.45) is 11.8 Å². The van der Waals surface area contributed by atoms with Crippen LogP contribution in [0.3, 0.4) is 0 Å². The van der Waals surface area contributed by atoms with Gasteiger partial charge in [-0.3, -0.25) is 4.79 Å². The minimum atomic E-state index is -3.57. The van der Waals surface area contributed by atoms with E-state index in [1.807, 2.05) is 6.92 Å². The van der Waals surface area contributed by atoms with Gasteiger partial charge in [-0.1, -0.05) is 31.5 Å². The molecule has 1 aliphatic heterocycles. The molecule has 1 amide bonds. The number of nitrogens with one attached hydrogen (secondary N) is 1. The van der Waals surface area contributed by atoms with E-state index < -0.39 is 22.0 Å². The smallest absolute Gasteiger partial charge is 0.326 e. The number of carboxylic acids is 1. The third kappa shape index (κ3) is 4.62. The molecule has 2 N–H and O–H groups in total. The third-order valence-corrected chi connectivity index (χ3v) is 6.63. The van der Waals surface area contributed by atoms with Crippen molar-refractivity contribution < 1.29 is 23.1 Å². The van der Waals surface area contributed by atoms with Gasteiger partial charge in [0.2, 0.25) is 15.9 Å². The van der Waals surface area contributed by atoms with Gasteiger partial charge in [-0.15, -0.1) is 0 Å².